The van der Waals surface area contributed by atoms with Crippen molar-refractivity contribution in [3.05, 3.63) is 35.9 Å². The smallest absolute Gasteiger partial charge is 0.0680 e. The lowest BCUT2D eigenvalue weighted by Gasteiger charge is -1.83. The summed E-state index contributed by atoms with van der Waals surface area (Å²) in [6, 6.07) is 9.62. The molecule has 0 saturated carbocycles. The third kappa shape index (κ3) is 1.75. The Kier molecular flexibility index (Phi) is 2.28. The van der Waals surface area contributed by atoms with Crippen LogP contribution >= 0.6 is 0 Å². The molecule has 1 nitrogen and oxygen atoms in total. The van der Waals surface area contributed by atoms with Crippen LogP contribution in [0.5, 0.6) is 0 Å². The van der Waals surface area contributed by atoms with Crippen molar-refractivity contribution in [3.8, 4) is 11.8 Å². The van der Waals surface area contributed by atoms with Gasteiger partial charge in [0.25, 0.3) is 0 Å². The monoisotopic (exact) mass is 129 g/mol. The number of rotatable bonds is 0. The molecular weight excluding hydrogens is 122 g/mol. The minimum atomic E-state index is 0.950. The van der Waals surface area contributed by atoms with Crippen LogP contribution in [0, 0.1) is 17.3 Å². The van der Waals surface area contributed by atoms with Crippen LogP contribution in [0.3, 0.4) is 0 Å². The van der Waals surface area contributed by atoms with Gasteiger partial charge in [-0.05, 0) is 12.1 Å². The molecule has 1 N–H and O–H groups in total. The second kappa shape index (κ2) is 3.47. The van der Waals surface area contributed by atoms with Crippen molar-refractivity contribution in [3.63, 3.8) is 0 Å². The fourth-order valence-corrected chi connectivity index (χ4v) is 0.641. The van der Waals surface area contributed by atoms with Crippen molar-refractivity contribution in [1.82, 2.24) is 0 Å². The molecule has 48 valence electrons. The Morgan fingerprint density at radius 1 is 1.20 bits per heavy atom. The second-order valence-electron chi connectivity index (χ2n) is 1.78. The van der Waals surface area contributed by atoms with Crippen LogP contribution in [0.2, 0.25) is 0 Å². The third-order valence-corrected chi connectivity index (χ3v) is 1.06. The fourth-order valence-electron chi connectivity index (χ4n) is 0.641. The van der Waals surface area contributed by atoms with Gasteiger partial charge in [-0.15, -0.1) is 0 Å². The van der Waals surface area contributed by atoms with Crippen LogP contribution in [0.1, 0.15) is 5.56 Å². The van der Waals surface area contributed by atoms with Gasteiger partial charge in [-0.25, -0.2) is 0 Å². The second-order valence-corrected chi connectivity index (χ2v) is 1.78. The summed E-state index contributed by atoms with van der Waals surface area (Å²) >= 11 is 0. The Balaban J connectivity index is 2.86. The summed E-state index contributed by atoms with van der Waals surface area (Å²) in [5.74, 6) is 5.36. The average molecular weight is 129 g/mol. The molecule has 1 heteroatoms. The number of hydrogen-bond donors (Lipinski definition) is 1. The molecule has 0 aliphatic heterocycles. The Morgan fingerprint density at radius 2 is 1.90 bits per heavy atom. The molecular formula is C9H7N. The number of hydrogen-bond acceptors (Lipinski definition) is 1. The topological polar surface area (TPSA) is 23.9 Å². The molecule has 0 atom stereocenters. The summed E-state index contributed by atoms with van der Waals surface area (Å²) < 4.78 is 0. The van der Waals surface area contributed by atoms with Crippen LogP contribution in [-0.4, -0.2) is 6.21 Å². The highest BCUT2D eigenvalue weighted by molar-refractivity contribution is 5.76. The van der Waals surface area contributed by atoms with Crippen molar-refractivity contribution >= 4 is 6.21 Å². The maximum Gasteiger partial charge on any atom is 0.0680 e. The van der Waals surface area contributed by atoms with Crippen LogP contribution in [0.25, 0.3) is 0 Å². The zero-order chi connectivity index (χ0) is 7.23. The zero-order valence-electron chi connectivity index (χ0n) is 5.46. The summed E-state index contributed by atoms with van der Waals surface area (Å²) in [5.41, 5.74) is 0.950. The van der Waals surface area contributed by atoms with Crippen molar-refractivity contribution in [2.75, 3.05) is 0 Å². The highest BCUT2D eigenvalue weighted by atomic mass is 14.3. The third-order valence-electron chi connectivity index (χ3n) is 1.06. The quantitative estimate of drug-likeness (QED) is 0.407. The van der Waals surface area contributed by atoms with Crippen LogP contribution in [0.4, 0.5) is 0 Å². The first kappa shape index (κ1) is 6.57. The van der Waals surface area contributed by atoms with E-state index in [1.54, 1.807) is 0 Å². The van der Waals surface area contributed by atoms with Crippen LogP contribution < -0.4 is 0 Å². The molecule has 0 fully saturated rings. The van der Waals surface area contributed by atoms with E-state index in [-0.39, 0.29) is 0 Å². The van der Waals surface area contributed by atoms with Gasteiger partial charge < -0.3 is 0 Å². The molecule has 0 saturated heterocycles. The van der Waals surface area contributed by atoms with Gasteiger partial charge in [0.1, 0.15) is 0 Å². The van der Waals surface area contributed by atoms with Crippen molar-refractivity contribution in [1.29, 1.82) is 5.41 Å². The lowest BCUT2D eigenvalue weighted by atomic mass is 10.2. The molecule has 1 rings (SSSR count). The SMILES string of the molecule is N=CC#Cc1ccccc1. The van der Waals surface area contributed by atoms with Crippen molar-refractivity contribution in [2.45, 2.75) is 0 Å². The predicted molar refractivity (Wildman–Crippen MR) is 42.1 cm³/mol. The van der Waals surface area contributed by atoms with Crippen LogP contribution in [0.15, 0.2) is 30.3 Å². The van der Waals surface area contributed by atoms with Gasteiger partial charge in [0.05, 0.1) is 6.21 Å². The van der Waals surface area contributed by atoms with E-state index in [9.17, 15) is 0 Å². The molecule has 0 aromatic heterocycles. The molecule has 10 heavy (non-hydrogen) atoms. The summed E-state index contributed by atoms with van der Waals surface area (Å²) in [5, 5.41) is 6.65. The minimum Gasteiger partial charge on any atom is -0.300 e. The highest BCUT2D eigenvalue weighted by Gasteiger charge is 1.78. The first-order chi connectivity index (χ1) is 4.93. The molecule has 0 bridgehead atoms. The fraction of sp³-hybridized carbons (Fsp3) is 0. The largest absolute Gasteiger partial charge is 0.300 e. The van der Waals surface area contributed by atoms with Crippen molar-refractivity contribution in [2.24, 2.45) is 0 Å². The van der Waals surface area contributed by atoms with E-state index in [0.717, 1.165) is 11.8 Å². The highest BCUT2D eigenvalue weighted by Crippen LogP contribution is 1.93. The predicted octanol–water partition coefficient (Wildman–Crippen LogP) is 1.69. The molecule has 0 aliphatic carbocycles. The van der Waals surface area contributed by atoms with Crippen LogP contribution in [-0.2, 0) is 0 Å². The van der Waals surface area contributed by atoms with E-state index < -0.39 is 0 Å². The summed E-state index contributed by atoms with van der Waals surface area (Å²) in [6.45, 7) is 0. The molecule has 0 aliphatic rings. The van der Waals surface area contributed by atoms with E-state index >= 15 is 0 Å². The van der Waals surface area contributed by atoms with E-state index in [4.69, 9.17) is 5.41 Å². The summed E-state index contributed by atoms with van der Waals surface area (Å²) in [4.78, 5) is 0. The summed E-state index contributed by atoms with van der Waals surface area (Å²) in [6.07, 6.45) is 1.09. The standard InChI is InChI=1S/C9H7N/c10-8-4-7-9-5-2-1-3-6-9/h1-3,5-6,8,10H. The van der Waals surface area contributed by atoms with E-state index in [1.807, 2.05) is 30.3 Å². The first-order valence-electron chi connectivity index (χ1n) is 2.99. The van der Waals surface area contributed by atoms with Gasteiger partial charge >= 0.3 is 0 Å². The lowest BCUT2D eigenvalue weighted by molar-refractivity contribution is 1.59. The summed E-state index contributed by atoms with van der Waals surface area (Å²) in [7, 11) is 0. The van der Waals surface area contributed by atoms with Crippen molar-refractivity contribution < 1.29 is 0 Å². The normalized spacial score (nSPS) is 7.60. The van der Waals surface area contributed by atoms with Gasteiger partial charge in [0, 0.05) is 5.56 Å². The molecule has 0 unspecified atom stereocenters. The molecule has 1 aromatic carbocycles. The Morgan fingerprint density at radius 3 is 2.50 bits per heavy atom. The number of nitrogens with one attached hydrogen (secondary N) is 1. The van der Waals surface area contributed by atoms with E-state index in [0.29, 0.717) is 0 Å². The first-order valence-corrected chi connectivity index (χ1v) is 2.99. The van der Waals surface area contributed by atoms with Gasteiger partial charge in [-0.3, -0.25) is 5.41 Å². The lowest BCUT2D eigenvalue weighted by Crippen LogP contribution is -1.69. The maximum atomic E-state index is 6.65. The maximum absolute atomic E-state index is 6.65. The van der Waals surface area contributed by atoms with Gasteiger partial charge in [-0.2, -0.15) is 0 Å². The van der Waals surface area contributed by atoms with E-state index in [1.165, 1.54) is 0 Å². The van der Waals surface area contributed by atoms with Gasteiger partial charge in [-0.1, -0.05) is 30.0 Å². The number of benzene rings is 1. The molecule has 0 amide bonds. The van der Waals surface area contributed by atoms with E-state index in [2.05, 4.69) is 11.8 Å². The zero-order valence-corrected chi connectivity index (χ0v) is 5.46. The minimum absolute atomic E-state index is 0.950. The Labute approximate surface area is 60.2 Å². The van der Waals surface area contributed by atoms with Gasteiger partial charge in [0.2, 0.25) is 0 Å². The average Bonchev–Trinajstić information content (AvgIpc) is 2.03. The molecule has 0 spiro atoms. The molecule has 0 heterocycles. The molecule has 1 aromatic rings. The Hall–Kier alpha value is -1.55. The van der Waals surface area contributed by atoms with Gasteiger partial charge in [0.15, 0.2) is 0 Å². The molecule has 0 radical (unpaired) electrons. The Bertz CT molecular complexity index is 264.